The lowest BCUT2D eigenvalue weighted by atomic mass is 9.48. The normalized spacial score (nSPS) is 37.2. The maximum atomic E-state index is 13.4. The number of carbonyl (C=O) groups is 2. The van der Waals surface area contributed by atoms with Crippen LogP contribution < -0.4 is 9.47 Å². The van der Waals surface area contributed by atoms with Gasteiger partial charge in [0.1, 0.15) is 11.6 Å². The van der Waals surface area contributed by atoms with Crippen molar-refractivity contribution in [2.75, 3.05) is 20.2 Å². The molecule has 0 amide bonds. The van der Waals surface area contributed by atoms with Crippen molar-refractivity contribution in [2.24, 2.45) is 0 Å². The summed E-state index contributed by atoms with van der Waals surface area (Å²) in [6.45, 7) is 4.91. The quantitative estimate of drug-likeness (QED) is 0.823. The highest BCUT2D eigenvalue weighted by atomic mass is 16.5. The first-order valence-corrected chi connectivity index (χ1v) is 9.02. The van der Waals surface area contributed by atoms with Crippen LogP contribution >= 0.6 is 0 Å². The minimum atomic E-state index is -1.32. The molecule has 6 nitrogen and oxygen atoms in total. The summed E-state index contributed by atoms with van der Waals surface area (Å²) >= 11 is 0. The largest absolute Gasteiger partial charge is 0.493 e. The van der Waals surface area contributed by atoms with E-state index in [9.17, 15) is 14.7 Å². The van der Waals surface area contributed by atoms with Crippen LogP contribution in [0.4, 0.5) is 0 Å². The Morgan fingerprint density at radius 3 is 2.96 bits per heavy atom. The van der Waals surface area contributed by atoms with E-state index in [2.05, 4.69) is 6.58 Å². The SMILES string of the molecule is C=CCN1CC[C@]23c4c5ccc(OC)c4O[C@H]2C(=O)CC[C@@]3(O)[C@H]1C5=O. The van der Waals surface area contributed by atoms with Crippen LogP contribution in [0.2, 0.25) is 0 Å². The highest BCUT2D eigenvalue weighted by Crippen LogP contribution is 2.64. The third-order valence-electron chi connectivity index (χ3n) is 6.78. The number of benzene rings is 1. The summed E-state index contributed by atoms with van der Waals surface area (Å²) in [6.07, 6.45) is 2.03. The Balaban J connectivity index is 1.84. The van der Waals surface area contributed by atoms with Gasteiger partial charge in [0.25, 0.3) is 0 Å². The Labute approximate surface area is 151 Å². The molecule has 0 aromatic heterocycles. The van der Waals surface area contributed by atoms with E-state index < -0.39 is 23.2 Å². The van der Waals surface area contributed by atoms with E-state index in [0.717, 1.165) is 0 Å². The molecule has 2 heterocycles. The topological polar surface area (TPSA) is 76.1 Å². The van der Waals surface area contributed by atoms with Gasteiger partial charge < -0.3 is 14.6 Å². The lowest BCUT2D eigenvalue weighted by molar-refractivity contribution is -0.177. The number of piperidine rings is 1. The Hall–Kier alpha value is -2.18. The van der Waals surface area contributed by atoms with E-state index in [1.807, 2.05) is 4.90 Å². The molecule has 1 N–H and O–H groups in total. The number of ether oxygens (including phenoxy) is 2. The van der Waals surface area contributed by atoms with Crippen LogP contribution in [0.1, 0.15) is 35.2 Å². The molecule has 1 aromatic rings. The molecule has 1 spiro atoms. The average Bonchev–Trinajstić information content (AvgIpc) is 2.98. The minimum Gasteiger partial charge on any atom is -0.493 e. The van der Waals surface area contributed by atoms with Gasteiger partial charge in [-0.25, -0.2) is 0 Å². The number of rotatable bonds is 3. The summed E-state index contributed by atoms with van der Waals surface area (Å²) in [4.78, 5) is 28.1. The van der Waals surface area contributed by atoms with Crippen molar-refractivity contribution in [3.8, 4) is 11.5 Å². The molecule has 0 unspecified atom stereocenters. The summed E-state index contributed by atoms with van der Waals surface area (Å²) in [6, 6.07) is 2.78. The van der Waals surface area contributed by atoms with Crippen LogP contribution in [-0.2, 0) is 10.2 Å². The van der Waals surface area contributed by atoms with Crippen molar-refractivity contribution in [1.29, 1.82) is 0 Å². The standard InChI is InChI=1S/C20H21NO5/c1-3-9-21-10-8-19-14-11-4-5-13(25-2)16(14)26-18(19)12(22)6-7-20(19,24)17(21)15(11)23/h3-5,17-18,24H,1,6-10H2,2H3/t17-,18+,19+,20-/m1/s1. The third-order valence-corrected chi connectivity index (χ3v) is 6.78. The van der Waals surface area contributed by atoms with E-state index in [1.54, 1.807) is 18.2 Å². The van der Waals surface area contributed by atoms with E-state index in [0.29, 0.717) is 42.1 Å². The first-order chi connectivity index (χ1) is 12.5. The average molecular weight is 355 g/mol. The first kappa shape index (κ1) is 16.0. The van der Waals surface area contributed by atoms with E-state index >= 15 is 0 Å². The van der Waals surface area contributed by atoms with Crippen molar-refractivity contribution < 1.29 is 24.2 Å². The van der Waals surface area contributed by atoms with Crippen molar-refractivity contribution in [1.82, 2.24) is 4.90 Å². The van der Waals surface area contributed by atoms with Crippen LogP contribution in [0, 0.1) is 0 Å². The summed E-state index contributed by atoms with van der Waals surface area (Å²) in [5.74, 6) is 0.835. The van der Waals surface area contributed by atoms with Crippen LogP contribution in [0.5, 0.6) is 11.5 Å². The lowest BCUT2D eigenvalue weighted by Gasteiger charge is -2.61. The molecule has 1 aromatic carbocycles. The number of hydrogen-bond donors (Lipinski definition) is 1. The molecule has 4 aliphatic rings. The molecular weight excluding hydrogens is 334 g/mol. The Morgan fingerprint density at radius 1 is 1.42 bits per heavy atom. The molecule has 1 saturated carbocycles. The molecular formula is C20H21NO5. The molecule has 26 heavy (non-hydrogen) atoms. The molecule has 2 bridgehead atoms. The second-order valence-electron chi connectivity index (χ2n) is 7.68. The van der Waals surface area contributed by atoms with Gasteiger partial charge >= 0.3 is 0 Å². The summed E-state index contributed by atoms with van der Waals surface area (Å²) in [5, 5.41) is 11.9. The van der Waals surface area contributed by atoms with Gasteiger partial charge in [-0.2, -0.15) is 0 Å². The molecule has 2 aliphatic heterocycles. The molecule has 4 atom stereocenters. The predicted molar refractivity (Wildman–Crippen MR) is 92.8 cm³/mol. The second-order valence-corrected chi connectivity index (χ2v) is 7.68. The van der Waals surface area contributed by atoms with E-state index in [4.69, 9.17) is 9.47 Å². The Kier molecular flexibility index (Phi) is 3.06. The van der Waals surface area contributed by atoms with Crippen molar-refractivity contribution in [3.05, 3.63) is 35.9 Å². The highest BCUT2D eigenvalue weighted by Gasteiger charge is 2.75. The summed E-state index contributed by atoms with van der Waals surface area (Å²) in [7, 11) is 1.54. The van der Waals surface area contributed by atoms with Crippen LogP contribution in [0.25, 0.3) is 0 Å². The number of ketones is 2. The second kappa shape index (κ2) is 4.96. The zero-order valence-electron chi connectivity index (χ0n) is 14.7. The Bertz CT molecular complexity index is 864. The minimum absolute atomic E-state index is 0.0100. The van der Waals surface area contributed by atoms with Crippen LogP contribution in [0.3, 0.4) is 0 Å². The van der Waals surface area contributed by atoms with Crippen LogP contribution in [-0.4, -0.2) is 59.5 Å². The van der Waals surface area contributed by atoms with E-state index in [-0.39, 0.29) is 24.4 Å². The van der Waals surface area contributed by atoms with Crippen molar-refractivity contribution in [3.63, 3.8) is 0 Å². The van der Waals surface area contributed by atoms with Gasteiger partial charge in [-0.05, 0) is 25.0 Å². The maximum Gasteiger partial charge on any atom is 0.183 e. The number of aliphatic hydroxyl groups is 1. The predicted octanol–water partition coefficient (Wildman–Crippen LogP) is 1.24. The van der Waals surface area contributed by atoms with Gasteiger partial charge in [0.2, 0.25) is 0 Å². The smallest absolute Gasteiger partial charge is 0.183 e. The fourth-order valence-corrected chi connectivity index (χ4v) is 5.79. The fraction of sp³-hybridized carbons (Fsp3) is 0.500. The number of Topliss-reactive ketones (excluding diaryl/α,β-unsaturated/α-hetero) is 2. The number of nitrogens with zero attached hydrogens (tertiary/aromatic N) is 1. The highest BCUT2D eigenvalue weighted by molar-refractivity contribution is 6.07. The summed E-state index contributed by atoms with van der Waals surface area (Å²) in [5.41, 5.74) is -0.981. The van der Waals surface area contributed by atoms with Crippen molar-refractivity contribution in [2.45, 2.75) is 42.4 Å². The molecule has 6 heteroatoms. The Morgan fingerprint density at radius 2 is 2.23 bits per heavy atom. The lowest BCUT2D eigenvalue weighted by Crippen LogP contribution is -2.78. The molecule has 1 saturated heterocycles. The number of methoxy groups -OCH3 is 1. The van der Waals surface area contributed by atoms with Crippen molar-refractivity contribution >= 4 is 11.6 Å². The van der Waals surface area contributed by atoms with E-state index in [1.165, 1.54) is 7.11 Å². The zero-order chi connectivity index (χ0) is 18.3. The van der Waals surface area contributed by atoms with Gasteiger partial charge in [0.05, 0.1) is 12.5 Å². The monoisotopic (exact) mass is 355 g/mol. The molecule has 5 rings (SSSR count). The van der Waals surface area contributed by atoms with Gasteiger partial charge in [-0.15, -0.1) is 6.58 Å². The summed E-state index contributed by atoms with van der Waals surface area (Å²) < 4.78 is 11.5. The maximum absolute atomic E-state index is 13.4. The number of likely N-dealkylation sites (tertiary alicyclic amines) is 1. The van der Waals surface area contributed by atoms with Gasteiger partial charge in [0, 0.05) is 30.6 Å². The molecule has 2 fully saturated rings. The zero-order valence-corrected chi connectivity index (χ0v) is 14.7. The molecule has 0 radical (unpaired) electrons. The van der Waals surface area contributed by atoms with Gasteiger partial charge in [-0.3, -0.25) is 14.5 Å². The van der Waals surface area contributed by atoms with Gasteiger partial charge in [0.15, 0.2) is 29.2 Å². The molecule has 2 aliphatic carbocycles. The first-order valence-electron chi connectivity index (χ1n) is 9.02. The van der Waals surface area contributed by atoms with Crippen LogP contribution in [0.15, 0.2) is 24.8 Å². The van der Waals surface area contributed by atoms with Gasteiger partial charge in [-0.1, -0.05) is 6.08 Å². The number of hydrogen-bond acceptors (Lipinski definition) is 6. The molecule has 136 valence electrons. The third kappa shape index (κ3) is 1.52. The number of carbonyl (C=O) groups excluding carboxylic acids is 2. The fourth-order valence-electron chi connectivity index (χ4n) is 5.79.